The molecule has 1 atom stereocenters. The van der Waals surface area contributed by atoms with Gasteiger partial charge in [-0.25, -0.2) is 0 Å². The molecule has 5 nitrogen and oxygen atoms in total. The molecular weight excluding hydrogens is 182 g/mol. The zero-order valence-electron chi connectivity index (χ0n) is 9.25. The molecule has 0 heterocycles. The van der Waals surface area contributed by atoms with Crippen LogP contribution in [0.2, 0.25) is 0 Å². The topological polar surface area (TPSA) is 67.6 Å². The van der Waals surface area contributed by atoms with E-state index in [1.165, 1.54) is 0 Å². The molecule has 0 saturated heterocycles. The van der Waals surface area contributed by atoms with Crippen LogP contribution in [0, 0.1) is 0 Å². The van der Waals surface area contributed by atoms with E-state index in [4.69, 9.17) is 10.5 Å². The number of hydrogen-bond donors (Lipinski definition) is 2. The summed E-state index contributed by atoms with van der Waals surface area (Å²) in [6, 6.07) is -0.143. The number of nitrogens with two attached hydrogens (primary N) is 1. The summed E-state index contributed by atoms with van der Waals surface area (Å²) in [7, 11) is 3.49. The van der Waals surface area contributed by atoms with Crippen molar-refractivity contribution in [3.05, 3.63) is 0 Å². The number of likely N-dealkylation sites (N-methyl/N-ethyl adjacent to an activating group) is 1. The van der Waals surface area contributed by atoms with E-state index in [1.54, 1.807) is 7.11 Å². The molecule has 0 aliphatic rings. The minimum atomic E-state index is -0.143. The van der Waals surface area contributed by atoms with Crippen LogP contribution in [0.15, 0.2) is 0 Å². The Morgan fingerprint density at radius 2 is 2.29 bits per heavy atom. The minimum absolute atomic E-state index is 0.0120. The van der Waals surface area contributed by atoms with Crippen LogP contribution in [0.5, 0.6) is 0 Å². The second-order valence-electron chi connectivity index (χ2n) is 3.23. The fraction of sp³-hybridized carbons (Fsp3) is 0.889. The lowest BCUT2D eigenvalue weighted by Crippen LogP contribution is -2.45. The lowest BCUT2D eigenvalue weighted by molar-refractivity contribution is -0.125. The third-order valence-electron chi connectivity index (χ3n) is 2.13. The van der Waals surface area contributed by atoms with Gasteiger partial charge in [-0.15, -0.1) is 0 Å². The third-order valence-corrected chi connectivity index (χ3v) is 2.13. The average Bonchev–Trinajstić information content (AvgIpc) is 2.17. The molecule has 14 heavy (non-hydrogen) atoms. The maximum Gasteiger partial charge on any atom is 0.237 e. The summed E-state index contributed by atoms with van der Waals surface area (Å²) >= 11 is 0. The van der Waals surface area contributed by atoms with Gasteiger partial charge in [0.2, 0.25) is 5.91 Å². The van der Waals surface area contributed by atoms with Crippen molar-refractivity contribution in [2.75, 3.05) is 40.4 Å². The predicted molar refractivity (Wildman–Crippen MR) is 56.0 cm³/mol. The van der Waals surface area contributed by atoms with E-state index >= 15 is 0 Å². The SMILES string of the molecule is COCCNC(=O)C(C)N(C)CCN. The normalized spacial score (nSPS) is 12.9. The first-order valence-corrected chi connectivity index (χ1v) is 4.80. The summed E-state index contributed by atoms with van der Waals surface area (Å²) in [5.41, 5.74) is 5.40. The highest BCUT2D eigenvalue weighted by Gasteiger charge is 2.16. The summed E-state index contributed by atoms with van der Waals surface area (Å²) in [6.07, 6.45) is 0. The van der Waals surface area contributed by atoms with Gasteiger partial charge in [-0.05, 0) is 14.0 Å². The van der Waals surface area contributed by atoms with Crippen LogP contribution in [0.1, 0.15) is 6.92 Å². The zero-order chi connectivity index (χ0) is 11.0. The Morgan fingerprint density at radius 1 is 1.64 bits per heavy atom. The smallest absolute Gasteiger partial charge is 0.237 e. The van der Waals surface area contributed by atoms with Gasteiger partial charge in [0.15, 0.2) is 0 Å². The molecule has 84 valence electrons. The van der Waals surface area contributed by atoms with Crippen LogP contribution in [-0.2, 0) is 9.53 Å². The Kier molecular flexibility index (Phi) is 7.37. The summed E-state index contributed by atoms with van der Waals surface area (Å²) in [6.45, 7) is 4.23. The first-order valence-electron chi connectivity index (χ1n) is 4.80. The second kappa shape index (κ2) is 7.73. The lowest BCUT2D eigenvalue weighted by atomic mass is 10.3. The van der Waals surface area contributed by atoms with E-state index in [9.17, 15) is 4.79 Å². The van der Waals surface area contributed by atoms with E-state index in [-0.39, 0.29) is 11.9 Å². The van der Waals surface area contributed by atoms with Crippen molar-refractivity contribution in [1.82, 2.24) is 10.2 Å². The van der Waals surface area contributed by atoms with Gasteiger partial charge in [0.25, 0.3) is 0 Å². The molecule has 5 heteroatoms. The van der Waals surface area contributed by atoms with Gasteiger partial charge in [-0.3, -0.25) is 9.69 Å². The van der Waals surface area contributed by atoms with Gasteiger partial charge < -0.3 is 15.8 Å². The standard InChI is InChI=1S/C9H21N3O2/c1-8(12(2)6-4-10)9(13)11-5-7-14-3/h8H,4-7,10H2,1-3H3,(H,11,13). The van der Waals surface area contributed by atoms with E-state index in [1.807, 2.05) is 18.9 Å². The molecule has 0 aliphatic heterocycles. The Balaban J connectivity index is 3.74. The minimum Gasteiger partial charge on any atom is -0.383 e. The highest BCUT2D eigenvalue weighted by atomic mass is 16.5. The number of nitrogens with one attached hydrogen (secondary N) is 1. The first-order chi connectivity index (χ1) is 6.63. The van der Waals surface area contributed by atoms with Gasteiger partial charge in [0, 0.05) is 26.7 Å². The van der Waals surface area contributed by atoms with Crippen molar-refractivity contribution in [2.45, 2.75) is 13.0 Å². The van der Waals surface area contributed by atoms with Crippen LogP contribution < -0.4 is 11.1 Å². The largest absolute Gasteiger partial charge is 0.383 e. The van der Waals surface area contributed by atoms with Crippen molar-refractivity contribution in [3.8, 4) is 0 Å². The third kappa shape index (κ3) is 5.16. The van der Waals surface area contributed by atoms with Gasteiger partial charge in [0.05, 0.1) is 12.6 Å². The Hall–Kier alpha value is -0.650. The fourth-order valence-electron chi connectivity index (χ4n) is 1.02. The van der Waals surface area contributed by atoms with E-state index in [2.05, 4.69) is 5.32 Å². The average molecular weight is 203 g/mol. The summed E-state index contributed by atoms with van der Waals surface area (Å²) < 4.78 is 4.83. The molecule has 0 bridgehead atoms. The molecule has 0 aromatic carbocycles. The number of amides is 1. The van der Waals surface area contributed by atoms with Crippen molar-refractivity contribution in [2.24, 2.45) is 5.73 Å². The van der Waals surface area contributed by atoms with Crippen molar-refractivity contribution >= 4 is 5.91 Å². The second-order valence-corrected chi connectivity index (χ2v) is 3.23. The predicted octanol–water partition coefficient (Wildman–Crippen LogP) is -0.972. The molecule has 0 aromatic heterocycles. The molecule has 0 radical (unpaired) electrons. The fourth-order valence-corrected chi connectivity index (χ4v) is 1.02. The summed E-state index contributed by atoms with van der Waals surface area (Å²) in [5.74, 6) is 0.0120. The maximum absolute atomic E-state index is 11.5. The maximum atomic E-state index is 11.5. The monoisotopic (exact) mass is 203 g/mol. The highest BCUT2D eigenvalue weighted by Crippen LogP contribution is 1.93. The molecule has 3 N–H and O–H groups in total. The Labute approximate surface area is 85.6 Å². The van der Waals surface area contributed by atoms with Crippen molar-refractivity contribution in [3.63, 3.8) is 0 Å². The zero-order valence-corrected chi connectivity index (χ0v) is 9.25. The molecular formula is C9H21N3O2. The molecule has 0 spiro atoms. The van der Waals surface area contributed by atoms with E-state index in [0.29, 0.717) is 19.7 Å². The van der Waals surface area contributed by atoms with Crippen LogP contribution in [0.4, 0.5) is 0 Å². The van der Waals surface area contributed by atoms with Crippen LogP contribution in [0.25, 0.3) is 0 Å². The van der Waals surface area contributed by atoms with Crippen LogP contribution >= 0.6 is 0 Å². The molecule has 0 rings (SSSR count). The van der Waals surface area contributed by atoms with Crippen molar-refractivity contribution < 1.29 is 9.53 Å². The highest BCUT2D eigenvalue weighted by molar-refractivity contribution is 5.81. The number of methoxy groups -OCH3 is 1. The first kappa shape index (κ1) is 13.4. The molecule has 1 unspecified atom stereocenters. The lowest BCUT2D eigenvalue weighted by Gasteiger charge is -2.22. The number of nitrogens with zero attached hydrogens (tertiary/aromatic N) is 1. The number of carbonyl (C=O) groups excluding carboxylic acids is 1. The Bertz CT molecular complexity index is 164. The summed E-state index contributed by atoms with van der Waals surface area (Å²) in [5, 5.41) is 2.78. The van der Waals surface area contributed by atoms with Gasteiger partial charge in [0.1, 0.15) is 0 Å². The van der Waals surface area contributed by atoms with Crippen LogP contribution in [0.3, 0.4) is 0 Å². The number of rotatable bonds is 7. The van der Waals surface area contributed by atoms with Gasteiger partial charge in [-0.2, -0.15) is 0 Å². The quantitative estimate of drug-likeness (QED) is 0.522. The van der Waals surface area contributed by atoms with Crippen molar-refractivity contribution in [1.29, 1.82) is 0 Å². The number of hydrogen-bond acceptors (Lipinski definition) is 4. The Morgan fingerprint density at radius 3 is 2.79 bits per heavy atom. The number of ether oxygens (including phenoxy) is 1. The van der Waals surface area contributed by atoms with Gasteiger partial charge in [-0.1, -0.05) is 0 Å². The van der Waals surface area contributed by atoms with E-state index in [0.717, 1.165) is 6.54 Å². The molecule has 0 saturated carbocycles. The molecule has 0 aliphatic carbocycles. The number of carbonyl (C=O) groups is 1. The van der Waals surface area contributed by atoms with E-state index < -0.39 is 0 Å². The van der Waals surface area contributed by atoms with Crippen LogP contribution in [-0.4, -0.2) is 57.2 Å². The molecule has 1 amide bonds. The van der Waals surface area contributed by atoms with Gasteiger partial charge >= 0.3 is 0 Å². The summed E-state index contributed by atoms with van der Waals surface area (Å²) in [4.78, 5) is 13.4. The molecule has 0 aromatic rings. The molecule has 0 fully saturated rings.